The van der Waals surface area contributed by atoms with Gasteiger partial charge in [0.2, 0.25) is 0 Å². The molecule has 0 radical (unpaired) electrons. The number of nitrogens with one attached hydrogen (secondary N) is 1. The monoisotopic (exact) mass is 474 g/mol. The van der Waals surface area contributed by atoms with Crippen LogP contribution in [-0.2, 0) is 4.74 Å². The number of hydrogen-bond donors (Lipinski definition) is 3. The largest absolute Gasteiger partial charge is 0.458 e. The number of aliphatic hydroxyl groups is 1. The highest BCUT2D eigenvalue weighted by atomic mass is 19.4. The maximum Gasteiger partial charge on any atom is 0.458 e. The third-order valence-corrected chi connectivity index (χ3v) is 2.27. The second-order valence-corrected chi connectivity index (χ2v) is 7.82. The number of halogens is 8. The van der Waals surface area contributed by atoms with Gasteiger partial charge in [0.15, 0.2) is 0 Å². The number of primary amides is 1. The maximum absolute atomic E-state index is 12.9. The number of carbonyl (C=O) groups excluding carboxylic acids is 1. The quantitative estimate of drug-likeness (QED) is 0.375. The van der Waals surface area contributed by atoms with E-state index in [9.17, 15) is 39.9 Å². The summed E-state index contributed by atoms with van der Waals surface area (Å²) >= 11 is 0. The predicted octanol–water partition coefficient (Wildman–Crippen LogP) is 5.45. The van der Waals surface area contributed by atoms with Crippen LogP contribution in [0.5, 0.6) is 0 Å². The summed E-state index contributed by atoms with van der Waals surface area (Å²) in [5.74, 6) is -5.58. The molecule has 0 spiro atoms. The summed E-state index contributed by atoms with van der Waals surface area (Å²) in [5.41, 5.74) is -0.451. The van der Waals surface area contributed by atoms with Crippen LogP contribution in [0.2, 0.25) is 0 Å². The first-order chi connectivity index (χ1) is 13.3. The Morgan fingerprint density at radius 3 is 1.39 bits per heavy atom. The summed E-state index contributed by atoms with van der Waals surface area (Å²) in [6, 6.07) is 0. The number of amides is 1. The van der Waals surface area contributed by atoms with Crippen LogP contribution in [0.1, 0.15) is 48.5 Å². The molecule has 5 nitrogen and oxygen atoms in total. The second-order valence-electron chi connectivity index (χ2n) is 7.82. The van der Waals surface area contributed by atoms with Crippen molar-refractivity contribution in [2.45, 2.75) is 77.9 Å². The van der Waals surface area contributed by atoms with Gasteiger partial charge in [0.1, 0.15) is 5.60 Å². The molecular weight excluding hydrogens is 444 g/mol. The van der Waals surface area contributed by atoms with Crippen LogP contribution in [0.25, 0.3) is 0 Å². The van der Waals surface area contributed by atoms with Crippen LogP contribution >= 0.6 is 0 Å². The average Bonchev–Trinajstić information content (AvgIpc) is 2.40. The van der Waals surface area contributed by atoms with Gasteiger partial charge in [0.05, 0.1) is 11.2 Å². The van der Waals surface area contributed by atoms with Gasteiger partial charge in [-0.2, -0.15) is 35.1 Å². The molecule has 0 aromatic heterocycles. The summed E-state index contributed by atoms with van der Waals surface area (Å²) in [5, 5.41) is 10.3. The van der Waals surface area contributed by atoms with E-state index in [4.69, 9.17) is 10.8 Å². The van der Waals surface area contributed by atoms with Gasteiger partial charge >= 0.3 is 24.4 Å². The highest BCUT2D eigenvalue weighted by molar-refractivity contribution is 5.65. The van der Waals surface area contributed by atoms with Crippen molar-refractivity contribution in [1.29, 1.82) is 0 Å². The normalized spacial score (nSPS) is 14.0. The first-order valence-corrected chi connectivity index (χ1v) is 8.58. The lowest BCUT2D eigenvalue weighted by molar-refractivity contribution is -0.265. The number of ether oxygens (including phenoxy) is 1. The van der Waals surface area contributed by atoms with Crippen LogP contribution in [0, 0.1) is 0 Å². The van der Waals surface area contributed by atoms with Crippen molar-refractivity contribution in [2.24, 2.45) is 5.73 Å². The molecule has 186 valence electrons. The van der Waals surface area contributed by atoms with E-state index in [-0.39, 0.29) is 12.3 Å². The third-order valence-electron chi connectivity index (χ3n) is 2.27. The summed E-state index contributed by atoms with van der Waals surface area (Å²) in [4.78, 5) is 10.0. The third kappa shape index (κ3) is 17.3. The van der Waals surface area contributed by atoms with Crippen molar-refractivity contribution in [1.82, 2.24) is 5.32 Å². The lowest BCUT2D eigenvalue weighted by Gasteiger charge is -2.25. The molecular formula is C18H30F8N2O3. The standard InChI is InChI=1S/C9H9F8N.C5H11NO2.C4H10O/c1-3-5(7(10,11)9(15,16)17)6(4-18-2)8(12,13)14;1-5(2,3)8-4(6)7;1-4(2,3)5/h3-4,18H,1-2H3;1-3H3,(H2,6,7);5H,1-3H3/b5-3-,6-4+;;. The molecule has 0 bridgehead atoms. The van der Waals surface area contributed by atoms with Gasteiger partial charge in [0, 0.05) is 18.8 Å². The van der Waals surface area contributed by atoms with Crippen LogP contribution in [0.3, 0.4) is 0 Å². The molecule has 0 aromatic carbocycles. The van der Waals surface area contributed by atoms with Crippen LogP contribution in [0.15, 0.2) is 23.4 Å². The van der Waals surface area contributed by atoms with E-state index in [1.54, 1.807) is 46.9 Å². The molecule has 0 fully saturated rings. The van der Waals surface area contributed by atoms with Crippen LogP contribution in [-0.4, -0.2) is 47.7 Å². The zero-order valence-corrected chi connectivity index (χ0v) is 18.5. The Morgan fingerprint density at radius 2 is 1.26 bits per heavy atom. The van der Waals surface area contributed by atoms with Crippen molar-refractivity contribution < 1.29 is 49.8 Å². The summed E-state index contributed by atoms with van der Waals surface area (Å²) in [6.45, 7) is 11.2. The molecule has 0 heterocycles. The molecule has 0 saturated heterocycles. The predicted molar refractivity (Wildman–Crippen MR) is 100 cm³/mol. The smallest absolute Gasteiger partial charge is 0.444 e. The van der Waals surface area contributed by atoms with E-state index in [0.29, 0.717) is 6.92 Å². The summed E-state index contributed by atoms with van der Waals surface area (Å²) < 4.78 is 104. The Labute approximate surface area is 176 Å². The number of allylic oxidation sites excluding steroid dienone is 3. The Bertz CT molecular complexity index is 605. The molecule has 0 atom stereocenters. The van der Waals surface area contributed by atoms with E-state index in [0.717, 1.165) is 7.05 Å². The minimum atomic E-state index is -6.10. The molecule has 0 aliphatic carbocycles. The fraction of sp³-hybridized carbons (Fsp3) is 0.722. The van der Waals surface area contributed by atoms with Gasteiger partial charge in [-0.05, 0) is 48.5 Å². The Morgan fingerprint density at radius 1 is 0.903 bits per heavy atom. The first kappa shape index (κ1) is 33.6. The Kier molecular flexibility index (Phi) is 13.1. The van der Waals surface area contributed by atoms with E-state index in [1.165, 1.54) is 0 Å². The number of carbonyl (C=O) groups is 1. The highest BCUT2D eigenvalue weighted by Gasteiger charge is 2.62. The topological polar surface area (TPSA) is 84.6 Å². The second kappa shape index (κ2) is 12.1. The Balaban J connectivity index is -0.000000494. The summed E-state index contributed by atoms with van der Waals surface area (Å²) in [6.07, 6.45) is -12.0. The van der Waals surface area contributed by atoms with Crippen molar-refractivity contribution >= 4 is 6.09 Å². The first-order valence-electron chi connectivity index (χ1n) is 8.58. The van der Waals surface area contributed by atoms with Gasteiger partial charge in [0.25, 0.3) is 0 Å². The summed E-state index contributed by atoms with van der Waals surface area (Å²) in [7, 11) is 0.949. The van der Waals surface area contributed by atoms with Gasteiger partial charge in [-0.15, -0.1) is 0 Å². The van der Waals surface area contributed by atoms with E-state index < -0.39 is 46.7 Å². The van der Waals surface area contributed by atoms with Gasteiger partial charge < -0.3 is 20.9 Å². The van der Waals surface area contributed by atoms with Crippen LogP contribution in [0.4, 0.5) is 39.9 Å². The number of rotatable bonds is 3. The molecule has 0 aromatic rings. The zero-order valence-electron chi connectivity index (χ0n) is 18.5. The molecule has 0 aliphatic rings. The molecule has 0 rings (SSSR count). The van der Waals surface area contributed by atoms with E-state index in [2.05, 4.69) is 4.74 Å². The van der Waals surface area contributed by atoms with E-state index in [1.807, 2.05) is 0 Å². The highest BCUT2D eigenvalue weighted by Crippen LogP contribution is 2.47. The van der Waals surface area contributed by atoms with Crippen molar-refractivity contribution in [3.8, 4) is 0 Å². The molecule has 0 unspecified atom stereocenters. The fourth-order valence-electron chi connectivity index (χ4n) is 1.42. The van der Waals surface area contributed by atoms with Crippen molar-refractivity contribution in [2.75, 3.05) is 7.05 Å². The number of hydrogen-bond acceptors (Lipinski definition) is 4. The number of nitrogens with two attached hydrogens (primary N) is 1. The SMILES string of the molecule is C/C=C(/C(=C\NC)C(F)(F)F)C(F)(F)C(F)(F)F.CC(C)(C)O.CC(C)(C)OC(N)=O. The minimum absolute atomic E-state index is 0.0506. The van der Waals surface area contributed by atoms with Crippen molar-refractivity contribution in [3.05, 3.63) is 23.4 Å². The minimum Gasteiger partial charge on any atom is -0.444 e. The lowest BCUT2D eigenvalue weighted by atomic mass is 9.99. The molecule has 31 heavy (non-hydrogen) atoms. The molecule has 4 N–H and O–H groups in total. The molecule has 1 amide bonds. The molecule has 13 heteroatoms. The van der Waals surface area contributed by atoms with E-state index >= 15 is 0 Å². The van der Waals surface area contributed by atoms with Crippen LogP contribution < -0.4 is 11.1 Å². The molecule has 0 aliphatic heterocycles. The number of alkyl halides is 8. The van der Waals surface area contributed by atoms with Gasteiger partial charge in [-0.1, -0.05) is 6.08 Å². The lowest BCUT2D eigenvalue weighted by Crippen LogP contribution is -2.41. The van der Waals surface area contributed by atoms with Gasteiger partial charge in [-0.25, -0.2) is 4.79 Å². The fourth-order valence-corrected chi connectivity index (χ4v) is 1.42. The van der Waals surface area contributed by atoms with Crippen molar-refractivity contribution in [3.63, 3.8) is 0 Å². The maximum atomic E-state index is 12.9. The van der Waals surface area contributed by atoms with Gasteiger partial charge in [-0.3, -0.25) is 0 Å². The Hall–Kier alpha value is -2.05. The molecule has 0 saturated carbocycles. The zero-order chi connectivity index (χ0) is 26.1. The average molecular weight is 474 g/mol.